The van der Waals surface area contributed by atoms with Crippen molar-refractivity contribution < 1.29 is 14.6 Å². The monoisotopic (exact) mass is 340 g/mol. The third-order valence-electron chi connectivity index (χ3n) is 4.69. The molecule has 1 N–H and O–H groups in total. The molecule has 1 aliphatic heterocycles. The van der Waals surface area contributed by atoms with Gasteiger partial charge in [-0.3, -0.25) is 4.79 Å². The minimum atomic E-state index is -0.479. The number of carbonyl (C=O) groups is 1. The molecule has 1 aromatic heterocycles. The Morgan fingerprint density at radius 3 is 2.64 bits per heavy atom. The highest BCUT2D eigenvalue weighted by Gasteiger charge is 2.30. The molecule has 1 fully saturated rings. The number of aliphatic hydroxyl groups excluding tert-OH is 1. The summed E-state index contributed by atoms with van der Waals surface area (Å²) in [5.74, 6) is 0.597. The highest BCUT2D eigenvalue weighted by molar-refractivity contribution is 5.95. The quantitative estimate of drug-likeness (QED) is 0.909. The average Bonchev–Trinajstić information content (AvgIpc) is 2.68. The number of amides is 1. The second-order valence-corrected chi connectivity index (χ2v) is 6.27. The van der Waals surface area contributed by atoms with Gasteiger partial charge in [-0.05, 0) is 43.4 Å². The fourth-order valence-electron chi connectivity index (χ4n) is 3.31. The topological polar surface area (TPSA) is 62.7 Å². The van der Waals surface area contributed by atoms with E-state index in [1.165, 1.54) is 0 Å². The highest BCUT2D eigenvalue weighted by atomic mass is 16.5. The van der Waals surface area contributed by atoms with Crippen molar-refractivity contribution in [2.24, 2.45) is 5.92 Å². The van der Waals surface area contributed by atoms with Crippen LogP contribution >= 0.6 is 0 Å². The first-order valence-electron chi connectivity index (χ1n) is 8.80. The predicted octanol–water partition coefficient (Wildman–Crippen LogP) is 3.07. The summed E-state index contributed by atoms with van der Waals surface area (Å²) in [6.45, 7) is 3.63. The third-order valence-corrected chi connectivity index (χ3v) is 4.69. The van der Waals surface area contributed by atoms with Crippen LogP contribution in [0.5, 0.6) is 5.75 Å². The van der Waals surface area contributed by atoms with Gasteiger partial charge in [-0.1, -0.05) is 30.3 Å². The van der Waals surface area contributed by atoms with E-state index in [-0.39, 0.29) is 11.8 Å². The van der Waals surface area contributed by atoms with Crippen LogP contribution in [0.25, 0.3) is 0 Å². The second kappa shape index (κ2) is 8.12. The fourth-order valence-corrected chi connectivity index (χ4v) is 3.31. The maximum Gasteiger partial charge on any atom is 0.276 e. The van der Waals surface area contributed by atoms with Crippen LogP contribution in [-0.4, -0.2) is 40.6 Å². The van der Waals surface area contributed by atoms with Crippen molar-refractivity contribution in [3.05, 3.63) is 59.9 Å². The molecule has 1 amide bonds. The predicted molar refractivity (Wildman–Crippen MR) is 95.4 cm³/mol. The van der Waals surface area contributed by atoms with Gasteiger partial charge in [0.1, 0.15) is 0 Å². The summed E-state index contributed by atoms with van der Waals surface area (Å²) in [6.07, 6.45) is 2.69. The molecular weight excluding hydrogens is 316 g/mol. The highest BCUT2D eigenvalue weighted by Crippen LogP contribution is 2.31. The minimum absolute atomic E-state index is 0.100. The number of likely N-dealkylation sites (tertiary alicyclic amines) is 1. The van der Waals surface area contributed by atoms with Gasteiger partial charge in [0.15, 0.2) is 11.4 Å². The molecule has 3 rings (SSSR count). The SMILES string of the molecule is CCOc1cccnc1C(=O)N1CCC(C(O)c2ccccc2)CC1. The Kier molecular flexibility index (Phi) is 5.66. The Morgan fingerprint density at radius 1 is 1.24 bits per heavy atom. The van der Waals surface area contributed by atoms with Gasteiger partial charge in [0, 0.05) is 19.3 Å². The molecule has 1 saturated heterocycles. The van der Waals surface area contributed by atoms with Crippen molar-refractivity contribution in [2.45, 2.75) is 25.9 Å². The molecule has 25 heavy (non-hydrogen) atoms. The standard InChI is InChI=1S/C20H24N2O3/c1-2-25-17-9-6-12-21-18(17)20(24)22-13-10-16(11-14-22)19(23)15-7-4-3-5-8-15/h3-9,12,16,19,23H,2,10-11,13-14H2,1H3. The zero-order valence-corrected chi connectivity index (χ0v) is 14.5. The smallest absolute Gasteiger partial charge is 0.276 e. The van der Waals surface area contributed by atoms with Gasteiger partial charge in [-0.25, -0.2) is 4.98 Å². The van der Waals surface area contributed by atoms with Crippen molar-refractivity contribution >= 4 is 5.91 Å². The van der Waals surface area contributed by atoms with Crippen LogP contribution in [0.1, 0.15) is 41.9 Å². The average molecular weight is 340 g/mol. The summed E-state index contributed by atoms with van der Waals surface area (Å²) in [6, 6.07) is 13.3. The Bertz CT molecular complexity index is 697. The lowest BCUT2D eigenvalue weighted by molar-refractivity contribution is 0.0456. The molecule has 1 aromatic carbocycles. The number of rotatable bonds is 5. The Morgan fingerprint density at radius 2 is 1.96 bits per heavy atom. The van der Waals surface area contributed by atoms with Crippen molar-refractivity contribution in [1.29, 1.82) is 0 Å². The van der Waals surface area contributed by atoms with Gasteiger partial charge in [-0.2, -0.15) is 0 Å². The van der Waals surface area contributed by atoms with E-state index in [2.05, 4.69) is 4.98 Å². The summed E-state index contributed by atoms with van der Waals surface area (Å²) in [5.41, 5.74) is 1.31. The molecule has 1 unspecified atom stereocenters. The molecule has 0 bridgehead atoms. The number of ether oxygens (including phenoxy) is 1. The third kappa shape index (κ3) is 3.99. The first kappa shape index (κ1) is 17.4. The number of pyridine rings is 1. The first-order chi connectivity index (χ1) is 12.2. The summed E-state index contributed by atoms with van der Waals surface area (Å²) < 4.78 is 5.52. The number of hydrogen-bond acceptors (Lipinski definition) is 4. The zero-order chi connectivity index (χ0) is 17.6. The molecule has 5 heteroatoms. The van der Waals surface area contributed by atoms with Crippen LogP contribution in [0.2, 0.25) is 0 Å². The van der Waals surface area contributed by atoms with E-state index >= 15 is 0 Å². The summed E-state index contributed by atoms with van der Waals surface area (Å²) in [7, 11) is 0. The van der Waals surface area contributed by atoms with E-state index in [0.29, 0.717) is 31.1 Å². The van der Waals surface area contributed by atoms with E-state index in [4.69, 9.17) is 4.74 Å². The molecule has 0 saturated carbocycles. The van der Waals surface area contributed by atoms with E-state index in [9.17, 15) is 9.90 Å². The molecule has 0 radical (unpaired) electrons. The van der Waals surface area contributed by atoms with Gasteiger partial charge in [0.25, 0.3) is 5.91 Å². The molecule has 0 aliphatic carbocycles. The molecule has 2 heterocycles. The van der Waals surface area contributed by atoms with Crippen molar-refractivity contribution in [3.8, 4) is 5.75 Å². The second-order valence-electron chi connectivity index (χ2n) is 6.27. The number of benzene rings is 1. The van der Waals surface area contributed by atoms with Crippen molar-refractivity contribution in [1.82, 2.24) is 9.88 Å². The maximum absolute atomic E-state index is 12.8. The number of piperidine rings is 1. The van der Waals surface area contributed by atoms with Crippen LogP contribution in [0.4, 0.5) is 0 Å². The normalized spacial score (nSPS) is 16.5. The van der Waals surface area contributed by atoms with Crippen molar-refractivity contribution in [2.75, 3.05) is 19.7 Å². The van der Waals surface area contributed by atoms with Crippen LogP contribution in [0.15, 0.2) is 48.7 Å². The van der Waals surface area contributed by atoms with Crippen LogP contribution in [0, 0.1) is 5.92 Å². The molecule has 0 spiro atoms. The molecule has 5 nitrogen and oxygen atoms in total. The first-order valence-corrected chi connectivity index (χ1v) is 8.80. The molecular formula is C20H24N2O3. The van der Waals surface area contributed by atoms with Gasteiger partial charge in [-0.15, -0.1) is 0 Å². The number of aliphatic hydroxyl groups is 1. The fraction of sp³-hybridized carbons (Fsp3) is 0.400. The molecule has 1 aliphatic rings. The van der Waals surface area contributed by atoms with E-state index in [1.807, 2.05) is 37.3 Å². The van der Waals surface area contributed by atoms with E-state index in [0.717, 1.165) is 18.4 Å². The van der Waals surface area contributed by atoms with E-state index in [1.54, 1.807) is 23.2 Å². The molecule has 1 atom stereocenters. The van der Waals surface area contributed by atoms with Crippen molar-refractivity contribution in [3.63, 3.8) is 0 Å². The van der Waals surface area contributed by atoms with Gasteiger partial charge >= 0.3 is 0 Å². The van der Waals surface area contributed by atoms with Gasteiger partial charge < -0.3 is 14.7 Å². The van der Waals surface area contributed by atoms with Crippen LogP contribution < -0.4 is 4.74 Å². The van der Waals surface area contributed by atoms with Crippen LogP contribution in [0.3, 0.4) is 0 Å². The summed E-state index contributed by atoms with van der Waals surface area (Å²) >= 11 is 0. The number of hydrogen-bond donors (Lipinski definition) is 1. The number of aromatic nitrogens is 1. The minimum Gasteiger partial charge on any atom is -0.491 e. The number of carbonyl (C=O) groups excluding carboxylic acids is 1. The Labute approximate surface area is 148 Å². The molecule has 2 aromatic rings. The lowest BCUT2D eigenvalue weighted by atomic mass is 9.87. The largest absolute Gasteiger partial charge is 0.491 e. The maximum atomic E-state index is 12.8. The summed E-state index contributed by atoms with van der Waals surface area (Å²) in [4.78, 5) is 18.8. The van der Waals surface area contributed by atoms with Crippen LogP contribution in [-0.2, 0) is 0 Å². The summed E-state index contributed by atoms with van der Waals surface area (Å²) in [5, 5.41) is 10.6. The zero-order valence-electron chi connectivity index (χ0n) is 14.5. The van der Waals surface area contributed by atoms with Gasteiger partial charge in [0.05, 0.1) is 12.7 Å². The molecule has 132 valence electrons. The van der Waals surface area contributed by atoms with Gasteiger partial charge in [0.2, 0.25) is 0 Å². The Balaban J connectivity index is 1.63. The lowest BCUT2D eigenvalue weighted by Gasteiger charge is -2.34. The Hall–Kier alpha value is -2.40. The number of nitrogens with zero attached hydrogens (tertiary/aromatic N) is 2. The lowest BCUT2D eigenvalue weighted by Crippen LogP contribution is -2.40. The van der Waals surface area contributed by atoms with E-state index < -0.39 is 6.10 Å².